The molecule has 2 aromatic rings. The highest BCUT2D eigenvalue weighted by Gasteiger charge is 2.36. The minimum atomic E-state index is -0.822. The molecule has 0 fully saturated rings. The zero-order valence-corrected chi connectivity index (χ0v) is 21.8. The molecule has 0 aliphatic carbocycles. The van der Waals surface area contributed by atoms with E-state index >= 15 is 0 Å². The van der Waals surface area contributed by atoms with Crippen molar-refractivity contribution >= 4 is 29.1 Å². The quantitative estimate of drug-likeness (QED) is 0.535. The molecule has 3 amide bonds. The average molecular weight is 489 g/mol. The van der Waals surface area contributed by atoms with Gasteiger partial charge in [-0.25, -0.2) is 4.98 Å². The Hall–Kier alpha value is -2.78. The van der Waals surface area contributed by atoms with E-state index in [-0.39, 0.29) is 30.2 Å². The fourth-order valence-corrected chi connectivity index (χ4v) is 4.63. The monoisotopic (exact) mass is 488 g/mol. The largest absolute Gasteiger partial charge is 0.392 e. The fourth-order valence-electron chi connectivity index (χ4n) is 3.82. The van der Waals surface area contributed by atoms with Gasteiger partial charge < -0.3 is 20.2 Å². The topological polar surface area (TPSA) is 103 Å². The van der Waals surface area contributed by atoms with E-state index in [9.17, 15) is 19.5 Å². The zero-order chi connectivity index (χ0) is 25.6. The second-order valence-electron chi connectivity index (χ2n) is 9.02. The first-order valence-corrected chi connectivity index (χ1v) is 12.3. The number of aryl methyl sites for hydroxylation is 1. The van der Waals surface area contributed by atoms with Crippen LogP contribution in [0.4, 0.5) is 0 Å². The minimum absolute atomic E-state index is 0.00865. The number of aliphatic hydroxyl groups excluding tert-OH is 1. The fraction of sp³-hybridized carbons (Fsp3) is 0.520. The normalized spacial score (nSPS) is 13.8. The Balaban J connectivity index is 2.12. The molecule has 0 saturated carbocycles. The Morgan fingerprint density at radius 2 is 1.74 bits per heavy atom. The number of rotatable bonds is 10. The second-order valence-corrected chi connectivity index (χ2v) is 9.87. The Kier molecular flexibility index (Phi) is 9.76. The van der Waals surface area contributed by atoms with Crippen molar-refractivity contribution < 1.29 is 19.5 Å². The van der Waals surface area contributed by atoms with Crippen LogP contribution in [0.2, 0.25) is 0 Å². The number of hydrogen-bond acceptors (Lipinski definition) is 6. The minimum Gasteiger partial charge on any atom is -0.392 e. The Bertz CT molecular complexity index is 987. The summed E-state index contributed by atoms with van der Waals surface area (Å²) in [6, 6.07) is 6.36. The lowest BCUT2D eigenvalue weighted by atomic mass is 10.00. The Morgan fingerprint density at radius 1 is 1.12 bits per heavy atom. The average Bonchev–Trinajstić information content (AvgIpc) is 3.20. The summed E-state index contributed by atoms with van der Waals surface area (Å²) < 4.78 is 0. The molecule has 9 heteroatoms. The highest BCUT2D eigenvalue weighted by Crippen LogP contribution is 2.27. The third-order valence-corrected chi connectivity index (χ3v) is 6.80. The van der Waals surface area contributed by atoms with Crippen molar-refractivity contribution in [2.24, 2.45) is 5.92 Å². The summed E-state index contributed by atoms with van der Waals surface area (Å²) >= 11 is 1.59. The van der Waals surface area contributed by atoms with Crippen molar-refractivity contribution in [1.82, 2.24) is 20.1 Å². The van der Waals surface area contributed by atoms with Gasteiger partial charge >= 0.3 is 0 Å². The summed E-state index contributed by atoms with van der Waals surface area (Å²) in [6.07, 6.45) is -0.822. The van der Waals surface area contributed by atoms with Crippen LogP contribution in [0, 0.1) is 12.8 Å². The number of likely N-dealkylation sites (N-methyl/N-ethyl adjacent to an activating group) is 1. The Morgan fingerprint density at radius 3 is 2.21 bits per heavy atom. The first-order valence-electron chi connectivity index (χ1n) is 11.4. The number of aromatic nitrogens is 1. The van der Waals surface area contributed by atoms with Gasteiger partial charge in [-0.3, -0.25) is 14.4 Å². The van der Waals surface area contributed by atoms with E-state index in [1.807, 2.05) is 50.5 Å². The predicted molar refractivity (Wildman–Crippen MR) is 134 cm³/mol. The molecule has 0 unspecified atom stereocenters. The van der Waals surface area contributed by atoms with E-state index in [4.69, 9.17) is 0 Å². The van der Waals surface area contributed by atoms with Crippen LogP contribution in [-0.2, 0) is 20.9 Å². The third kappa shape index (κ3) is 6.87. The highest BCUT2D eigenvalue weighted by molar-refractivity contribution is 7.13. The number of nitrogens with zero attached hydrogens (tertiary/aromatic N) is 3. The van der Waals surface area contributed by atoms with E-state index < -0.39 is 18.2 Å². The molecule has 0 aliphatic rings. The lowest BCUT2D eigenvalue weighted by molar-refractivity contribution is -0.150. The van der Waals surface area contributed by atoms with E-state index in [1.54, 1.807) is 32.2 Å². The number of aliphatic hydroxyl groups is 1. The summed E-state index contributed by atoms with van der Waals surface area (Å²) in [5.41, 5.74) is 4.80. The van der Waals surface area contributed by atoms with Crippen LogP contribution in [0.15, 0.2) is 29.8 Å². The van der Waals surface area contributed by atoms with Crippen LogP contribution in [0.25, 0.3) is 10.4 Å². The summed E-state index contributed by atoms with van der Waals surface area (Å²) in [5.74, 6) is -1.09. The van der Waals surface area contributed by atoms with Gasteiger partial charge in [-0.2, -0.15) is 0 Å². The molecular weight excluding hydrogens is 452 g/mol. The molecule has 8 nitrogen and oxygen atoms in total. The van der Waals surface area contributed by atoms with Crippen molar-refractivity contribution in [1.29, 1.82) is 0 Å². The molecule has 1 heterocycles. The van der Waals surface area contributed by atoms with Crippen LogP contribution in [-0.4, -0.2) is 69.4 Å². The van der Waals surface area contributed by atoms with Gasteiger partial charge in [0.15, 0.2) is 0 Å². The molecule has 186 valence electrons. The SMILES string of the molecule is CC(=O)N(C)[C@H](C(=O)N(C[C@@H](C)O)[C@@H](C)C(=O)NCc1ccc(-c2scnc2C)cc1)C(C)C. The van der Waals surface area contributed by atoms with Gasteiger partial charge in [-0.05, 0) is 37.8 Å². The number of thiazole rings is 1. The van der Waals surface area contributed by atoms with E-state index in [0.29, 0.717) is 6.54 Å². The van der Waals surface area contributed by atoms with Gasteiger partial charge in [0.1, 0.15) is 12.1 Å². The molecule has 0 radical (unpaired) electrons. The molecule has 1 aromatic carbocycles. The molecule has 0 aliphatic heterocycles. The molecule has 2 rings (SSSR count). The second kappa shape index (κ2) is 12.1. The van der Waals surface area contributed by atoms with Crippen LogP contribution in [0.3, 0.4) is 0 Å². The van der Waals surface area contributed by atoms with E-state index in [2.05, 4.69) is 10.3 Å². The first-order chi connectivity index (χ1) is 15.9. The number of carbonyl (C=O) groups excluding carboxylic acids is 3. The van der Waals surface area contributed by atoms with Crippen molar-refractivity contribution in [3.63, 3.8) is 0 Å². The Labute approximate surface area is 206 Å². The van der Waals surface area contributed by atoms with Crippen LogP contribution < -0.4 is 5.32 Å². The molecule has 0 bridgehead atoms. The smallest absolute Gasteiger partial charge is 0.246 e. The van der Waals surface area contributed by atoms with Gasteiger partial charge in [-0.15, -0.1) is 11.3 Å². The lowest BCUT2D eigenvalue weighted by Crippen LogP contribution is -2.57. The summed E-state index contributed by atoms with van der Waals surface area (Å²) in [4.78, 5) is 46.5. The molecule has 1 aromatic heterocycles. The maximum atomic E-state index is 13.4. The highest BCUT2D eigenvalue weighted by atomic mass is 32.1. The summed E-state index contributed by atoms with van der Waals surface area (Å²) in [6.45, 7) is 10.6. The number of amides is 3. The molecular formula is C25H36N4O4S. The molecule has 2 N–H and O–H groups in total. The van der Waals surface area contributed by atoms with Crippen molar-refractivity contribution in [2.75, 3.05) is 13.6 Å². The number of hydrogen-bond donors (Lipinski definition) is 2. The van der Waals surface area contributed by atoms with Gasteiger partial charge in [0.25, 0.3) is 0 Å². The predicted octanol–water partition coefficient (Wildman–Crippen LogP) is 2.84. The van der Waals surface area contributed by atoms with E-state index in [0.717, 1.165) is 21.7 Å². The summed E-state index contributed by atoms with van der Waals surface area (Å²) in [7, 11) is 1.58. The first kappa shape index (κ1) is 27.5. The van der Waals surface area contributed by atoms with Crippen LogP contribution in [0.5, 0.6) is 0 Å². The molecule has 0 saturated heterocycles. The lowest BCUT2D eigenvalue weighted by Gasteiger charge is -2.37. The number of benzene rings is 1. The van der Waals surface area contributed by atoms with Gasteiger partial charge in [0.05, 0.1) is 22.2 Å². The number of nitrogens with one attached hydrogen (secondary N) is 1. The number of carbonyl (C=O) groups is 3. The molecule has 3 atom stereocenters. The third-order valence-electron chi connectivity index (χ3n) is 5.82. The van der Waals surface area contributed by atoms with Crippen molar-refractivity contribution in [2.45, 2.75) is 66.3 Å². The van der Waals surface area contributed by atoms with Crippen molar-refractivity contribution in [3.8, 4) is 10.4 Å². The standard InChI is InChI=1S/C25H36N4O4S/c1-15(2)22(28(7)19(6)31)25(33)29(13-16(3)30)18(5)24(32)26-12-20-8-10-21(11-9-20)23-17(4)27-14-34-23/h8-11,14-16,18,22,30H,12-13H2,1-7H3,(H,26,32)/t16-,18+,22+/m1/s1. The van der Waals surface area contributed by atoms with Gasteiger partial charge in [0, 0.05) is 27.1 Å². The van der Waals surface area contributed by atoms with Crippen molar-refractivity contribution in [3.05, 3.63) is 41.0 Å². The van der Waals surface area contributed by atoms with Gasteiger partial charge in [0.2, 0.25) is 17.7 Å². The van der Waals surface area contributed by atoms with Gasteiger partial charge in [-0.1, -0.05) is 38.1 Å². The zero-order valence-electron chi connectivity index (χ0n) is 21.0. The summed E-state index contributed by atoms with van der Waals surface area (Å²) in [5, 5.41) is 12.9. The molecule has 0 spiro atoms. The van der Waals surface area contributed by atoms with Crippen LogP contribution >= 0.6 is 11.3 Å². The maximum Gasteiger partial charge on any atom is 0.246 e. The van der Waals surface area contributed by atoms with E-state index in [1.165, 1.54) is 16.7 Å². The maximum absolute atomic E-state index is 13.4. The van der Waals surface area contributed by atoms with Crippen LogP contribution in [0.1, 0.15) is 45.9 Å². The molecule has 34 heavy (non-hydrogen) atoms.